The molecule has 4 saturated carbocycles. The number of nitrogens with one attached hydrogen (secondary N) is 2. The number of amides is 1. The highest BCUT2D eigenvalue weighted by atomic mass is 16.2. The lowest BCUT2D eigenvalue weighted by atomic mass is 9.63. The average Bonchev–Trinajstić information content (AvgIpc) is 3.00. The molecule has 4 unspecified atom stereocenters. The molecule has 1 amide bonds. The lowest BCUT2D eigenvalue weighted by Gasteiger charge is -2.41. The molecule has 3 heteroatoms. The second kappa shape index (κ2) is 5.57. The average molecular weight is 338 g/mol. The number of hydrogen-bond acceptors (Lipinski definition) is 2. The Morgan fingerprint density at radius 2 is 1.88 bits per heavy atom. The van der Waals surface area contributed by atoms with E-state index in [0.29, 0.717) is 17.9 Å². The fourth-order valence-corrected chi connectivity index (χ4v) is 6.80. The number of benzene rings is 1. The molecule has 5 fully saturated rings. The second-order valence-corrected chi connectivity index (χ2v) is 9.39. The lowest BCUT2D eigenvalue weighted by Crippen LogP contribution is -2.50. The molecule has 4 atom stereocenters. The minimum absolute atomic E-state index is 0.0708. The molecule has 25 heavy (non-hydrogen) atoms. The van der Waals surface area contributed by atoms with E-state index in [0.717, 1.165) is 44.7 Å². The number of carbonyl (C=O) groups is 1. The SMILES string of the molecule is Cc1ccc(C23CC4CC(C2)C(C(=O)NC2CCNCC2)(C4)C3)cc1. The molecule has 1 aromatic rings. The molecule has 134 valence electrons. The van der Waals surface area contributed by atoms with Crippen LogP contribution in [-0.2, 0) is 10.2 Å². The molecule has 1 aromatic carbocycles. The predicted molar refractivity (Wildman–Crippen MR) is 99.4 cm³/mol. The van der Waals surface area contributed by atoms with Gasteiger partial charge in [-0.05, 0) is 87.8 Å². The van der Waals surface area contributed by atoms with E-state index >= 15 is 0 Å². The van der Waals surface area contributed by atoms with Gasteiger partial charge in [0.15, 0.2) is 0 Å². The molecule has 0 radical (unpaired) electrons. The van der Waals surface area contributed by atoms with Crippen LogP contribution in [0, 0.1) is 24.2 Å². The first-order chi connectivity index (χ1) is 12.1. The van der Waals surface area contributed by atoms with Gasteiger partial charge in [-0.25, -0.2) is 0 Å². The van der Waals surface area contributed by atoms with Gasteiger partial charge < -0.3 is 10.6 Å². The third-order valence-corrected chi connectivity index (χ3v) is 7.81. The van der Waals surface area contributed by atoms with Crippen LogP contribution >= 0.6 is 0 Å². The van der Waals surface area contributed by atoms with E-state index in [-0.39, 0.29) is 10.8 Å². The second-order valence-electron chi connectivity index (χ2n) is 9.39. The summed E-state index contributed by atoms with van der Waals surface area (Å²) in [5.41, 5.74) is 3.02. The molecular formula is C22H30N2O. The van der Waals surface area contributed by atoms with E-state index in [9.17, 15) is 4.79 Å². The molecule has 0 spiro atoms. The van der Waals surface area contributed by atoms with Gasteiger partial charge in [-0.3, -0.25) is 4.79 Å². The van der Waals surface area contributed by atoms with Crippen LogP contribution in [0.25, 0.3) is 0 Å². The number of rotatable bonds is 3. The first kappa shape index (κ1) is 15.9. The Hall–Kier alpha value is -1.35. The lowest BCUT2D eigenvalue weighted by molar-refractivity contribution is -0.134. The monoisotopic (exact) mass is 338 g/mol. The van der Waals surface area contributed by atoms with Crippen LogP contribution in [-0.4, -0.2) is 25.0 Å². The fourth-order valence-electron chi connectivity index (χ4n) is 6.80. The van der Waals surface area contributed by atoms with Crippen molar-refractivity contribution in [3.05, 3.63) is 35.4 Å². The van der Waals surface area contributed by atoms with E-state index in [4.69, 9.17) is 0 Å². The topological polar surface area (TPSA) is 41.1 Å². The summed E-state index contributed by atoms with van der Waals surface area (Å²) >= 11 is 0. The van der Waals surface area contributed by atoms with Crippen LogP contribution < -0.4 is 10.6 Å². The standard InChI is InChI=1S/C22H30N2O/c1-15-2-4-17(5-3-15)21-11-16-10-18(13-21)22(12-16,14-21)20(25)24-19-6-8-23-9-7-19/h2-5,16,18-19,23H,6-14H2,1H3,(H,24,25). The van der Waals surface area contributed by atoms with Crippen LogP contribution in [0.15, 0.2) is 24.3 Å². The number of aryl methyl sites for hydroxylation is 1. The predicted octanol–water partition coefficient (Wildman–Crippen LogP) is 3.31. The van der Waals surface area contributed by atoms with Crippen molar-refractivity contribution >= 4 is 5.91 Å². The van der Waals surface area contributed by atoms with E-state index in [1.807, 2.05) is 0 Å². The highest BCUT2D eigenvalue weighted by molar-refractivity contribution is 5.85. The van der Waals surface area contributed by atoms with Crippen molar-refractivity contribution < 1.29 is 4.79 Å². The summed E-state index contributed by atoms with van der Waals surface area (Å²) < 4.78 is 0. The first-order valence-electron chi connectivity index (χ1n) is 10.2. The maximum atomic E-state index is 13.4. The molecular weight excluding hydrogens is 308 g/mol. The summed E-state index contributed by atoms with van der Waals surface area (Å²) in [7, 11) is 0. The first-order valence-corrected chi connectivity index (χ1v) is 10.2. The molecule has 5 aliphatic rings. The third kappa shape index (κ3) is 2.38. The molecule has 1 aliphatic heterocycles. The Labute approximate surface area is 151 Å². The van der Waals surface area contributed by atoms with Crippen LogP contribution in [0.5, 0.6) is 0 Å². The normalized spacial score (nSPS) is 39.7. The molecule has 4 bridgehead atoms. The zero-order chi connectivity index (χ0) is 17.1. The summed E-state index contributed by atoms with van der Waals surface area (Å²) in [5, 5.41) is 6.86. The van der Waals surface area contributed by atoms with Crippen molar-refractivity contribution in [1.82, 2.24) is 10.6 Å². The molecule has 1 heterocycles. The quantitative estimate of drug-likeness (QED) is 0.888. The smallest absolute Gasteiger partial charge is 0.226 e. The summed E-state index contributed by atoms with van der Waals surface area (Å²) in [6, 6.07) is 9.55. The van der Waals surface area contributed by atoms with E-state index in [1.165, 1.54) is 30.4 Å². The molecule has 6 rings (SSSR count). The van der Waals surface area contributed by atoms with Crippen molar-refractivity contribution in [1.29, 1.82) is 0 Å². The van der Waals surface area contributed by atoms with Gasteiger partial charge in [-0.1, -0.05) is 29.8 Å². The van der Waals surface area contributed by atoms with Gasteiger partial charge in [0.1, 0.15) is 0 Å². The minimum Gasteiger partial charge on any atom is -0.353 e. The van der Waals surface area contributed by atoms with Crippen LogP contribution in [0.3, 0.4) is 0 Å². The van der Waals surface area contributed by atoms with Crippen LogP contribution in [0.4, 0.5) is 0 Å². The van der Waals surface area contributed by atoms with Crippen molar-refractivity contribution in [3.8, 4) is 0 Å². The fraction of sp³-hybridized carbons (Fsp3) is 0.682. The van der Waals surface area contributed by atoms with Crippen LogP contribution in [0.1, 0.15) is 56.1 Å². The Balaban J connectivity index is 1.41. The van der Waals surface area contributed by atoms with Crippen LogP contribution in [0.2, 0.25) is 0 Å². The highest BCUT2D eigenvalue weighted by Crippen LogP contribution is 2.70. The summed E-state index contributed by atoms with van der Waals surface area (Å²) in [6.45, 7) is 4.24. The van der Waals surface area contributed by atoms with E-state index in [2.05, 4.69) is 41.8 Å². The van der Waals surface area contributed by atoms with Gasteiger partial charge >= 0.3 is 0 Å². The summed E-state index contributed by atoms with van der Waals surface area (Å²) in [6.07, 6.45) is 8.20. The summed E-state index contributed by atoms with van der Waals surface area (Å²) in [4.78, 5) is 13.4. The number of piperidine rings is 1. The van der Waals surface area contributed by atoms with Gasteiger partial charge in [0.25, 0.3) is 0 Å². The molecule has 4 aliphatic carbocycles. The maximum absolute atomic E-state index is 13.4. The van der Waals surface area contributed by atoms with Crippen molar-refractivity contribution in [2.45, 2.75) is 63.3 Å². The van der Waals surface area contributed by atoms with Crippen molar-refractivity contribution in [2.24, 2.45) is 17.3 Å². The number of carbonyl (C=O) groups excluding carboxylic acids is 1. The van der Waals surface area contributed by atoms with Gasteiger partial charge in [-0.15, -0.1) is 0 Å². The van der Waals surface area contributed by atoms with Gasteiger partial charge in [0, 0.05) is 6.04 Å². The number of hydrogen-bond donors (Lipinski definition) is 2. The minimum atomic E-state index is -0.0708. The van der Waals surface area contributed by atoms with Crippen molar-refractivity contribution in [3.63, 3.8) is 0 Å². The largest absolute Gasteiger partial charge is 0.353 e. The zero-order valence-electron chi connectivity index (χ0n) is 15.3. The molecule has 3 nitrogen and oxygen atoms in total. The van der Waals surface area contributed by atoms with Gasteiger partial charge in [0.05, 0.1) is 5.41 Å². The Bertz CT molecular complexity index is 678. The zero-order valence-corrected chi connectivity index (χ0v) is 15.3. The molecule has 1 saturated heterocycles. The maximum Gasteiger partial charge on any atom is 0.226 e. The van der Waals surface area contributed by atoms with Crippen molar-refractivity contribution in [2.75, 3.05) is 13.1 Å². The van der Waals surface area contributed by atoms with E-state index in [1.54, 1.807) is 0 Å². The van der Waals surface area contributed by atoms with Gasteiger partial charge in [-0.2, -0.15) is 0 Å². The Morgan fingerprint density at radius 3 is 2.64 bits per heavy atom. The van der Waals surface area contributed by atoms with Gasteiger partial charge in [0.2, 0.25) is 5.91 Å². The van der Waals surface area contributed by atoms with E-state index < -0.39 is 0 Å². The molecule has 0 aromatic heterocycles. The highest BCUT2D eigenvalue weighted by Gasteiger charge is 2.67. The molecule has 2 N–H and O–H groups in total. The summed E-state index contributed by atoms with van der Waals surface area (Å²) in [5.74, 6) is 1.75. The Morgan fingerprint density at radius 1 is 1.12 bits per heavy atom. The third-order valence-electron chi connectivity index (χ3n) is 7.81. The Kier molecular flexibility index (Phi) is 3.54.